The molecule has 150 valence electrons. The van der Waals surface area contributed by atoms with Crippen LogP contribution in [0.4, 0.5) is 4.79 Å². The monoisotopic (exact) mass is 374 g/mol. The quantitative estimate of drug-likeness (QED) is 0.378. The average molecular weight is 374 g/mol. The molecule has 0 unspecified atom stereocenters. The number of ether oxygens (including phenoxy) is 6. The van der Waals surface area contributed by atoms with Gasteiger partial charge in [-0.3, -0.25) is 0 Å². The van der Waals surface area contributed by atoms with Crippen molar-refractivity contribution in [1.82, 2.24) is 9.55 Å². The van der Waals surface area contributed by atoms with Gasteiger partial charge >= 0.3 is 6.09 Å². The summed E-state index contributed by atoms with van der Waals surface area (Å²) in [6, 6.07) is 0. The molecule has 0 aliphatic rings. The summed E-state index contributed by atoms with van der Waals surface area (Å²) in [7, 11) is 0. The Kier molecular flexibility index (Phi) is 14.7. The van der Waals surface area contributed by atoms with Crippen molar-refractivity contribution >= 4 is 6.09 Å². The highest BCUT2D eigenvalue weighted by Gasteiger charge is 2.03. The third kappa shape index (κ3) is 12.8. The fraction of sp³-hybridized carbons (Fsp3) is 0.765. The highest BCUT2D eigenvalue weighted by Crippen LogP contribution is 1.90. The predicted molar refractivity (Wildman–Crippen MR) is 93.4 cm³/mol. The van der Waals surface area contributed by atoms with Gasteiger partial charge in [-0.2, -0.15) is 0 Å². The van der Waals surface area contributed by atoms with Gasteiger partial charge in [0.2, 0.25) is 0 Å². The Bertz CT molecular complexity index is 429. The fourth-order valence-electron chi connectivity index (χ4n) is 1.76. The smallest absolute Gasteiger partial charge is 0.419 e. The number of hydrogen-bond donors (Lipinski definition) is 0. The number of rotatable bonds is 17. The van der Waals surface area contributed by atoms with Gasteiger partial charge in [0, 0.05) is 19.0 Å². The lowest BCUT2D eigenvalue weighted by atomic mass is 10.5. The Morgan fingerprint density at radius 1 is 0.769 bits per heavy atom. The molecule has 1 heterocycles. The summed E-state index contributed by atoms with van der Waals surface area (Å²) in [5, 5.41) is 0. The van der Waals surface area contributed by atoms with Crippen molar-refractivity contribution in [2.75, 3.05) is 72.7 Å². The van der Waals surface area contributed by atoms with Crippen LogP contribution >= 0.6 is 0 Å². The van der Waals surface area contributed by atoms with Crippen LogP contribution in [0.25, 0.3) is 0 Å². The van der Waals surface area contributed by atoms with E-state index in [-0.39, 0.29) is 6.61 Å². The number of carbonyl (C=O) groups excluding carboxylic acids is 1. The van der Waals surface area contributed by atoms with E-state index in [1.165, 1.54) is 23.3 Å². The van der Waals surface area contributed by atoms with Crippen LogP contribution in [0.5, 0.6) is 0 Å². The van der Waals surface area contributed by atoms with Crippen molar-refractivity contribution in [2.45, 2.75) is 13.3 Å². The lowest BCUT2D eigenvalue weighted by molar-refractivity contribution is -0.0137. The summed E-state index contributed by atoms with van der Waals surface area (Å²) in [6.45, 7) is 7.57. The van der Waals surface area contributed by atoms with E-state index in [9.17, 15) is 4.79 Å². The van der Waals surface area contributed by atoms with Crippen LogP contribution < -0.4 is 0 Å². The summed E-state index contributed by atoms with van der Waals surface area (Å²) >= 11 is 0. The number of imidazole rings is 1. The van der Waals surface area contributed by atoms with Crippen molar-refractivity contribution in [3.8, 4) is 0 Å². The molecule has 0 spiro atoms. The van der Waals surface area contributed by atoms with E-state index in [0.717, 1.165) is 13.0 Å². The first kappa shape index (κ1) is 22.5. The molecule has 9 heteroatoms. The van der Waals surface area contributed by atoms with Crippen molar-refractivity contribution in [3.05, 3.63) is 18.7 Å². The van der Waals surface area contributed by atoms with Crippen molar-refractivity contribution in [3.63, 3.8) is 0 Å². The van der Waals surface area contributed by atoms with E-state index in [0.29, 0.717) is 59.5 Å². The third-order valence-electron chi connectivity index (χ3n) is 3.00. The summed E-state index contributed by atoms with van der Waals surface area (Å²) in [4.78, 5) is 15.2. The maximum Gasteiger partial charge on any atom is 0.419 e. The summed E-state index contributed by atoms with van der Waals surface area (Å²) < 4.78 is 32.9. The molecular weight excluding hydrogens is 344 g/mol. The van der Waals surface area contributed by atoms with E-state index in [4.69, 9.17) is 28.4 Å². The molecule has 9 nitrogen and oxygen atoms in total. The van der Waals surface area contributed by atoms with Crippen LogP contribution in [-0.2, 0) is 28.4 Å². The van der Waals surface area contributed by atoms with Crippen molar-refractivity contribution < 1.29 is 33.2 Å². The largest absolute Gasteiger partial charge is 0.446 e. The van der Waals surface area contributed by atoms with Gasteiger partial charge in [-0.25, -0.2) is 14.3 Å². The molecule has 1 aromatic heterocycles. The minimum atomic E-state index is -0.475. The Balaban J connectivity index is 1.71. The van der Waals surface area contributed by atoms with Gasteiger partial charge in [0.05, 0.1) is 59.5 Å². The van der Waals surface area contributed by atoms with Crippen molar-refractivity contribution in [2.24, 2.45) is 0 Å². The van der Waals surface area contributed by atoms with Crippen LogP contribution in [0.1, 0.15) is 13.3 Å². The predicted octanol–water partition coefficient (Wildman–Crippen LogP) is 1.36. The van der Waals surface area contributed by atoms with Gasteiger partial charge in [-0.15, -0.1) is 0 Å². The highest BCUT2D eigenvalue weighted by molar-refractivity contribution is 5.69. The topological polar surface area (TPSA) is 90.3 Å². The van der Waals surface area contributed by atoms with E-state index in [2.05, 4.69) is 11.9 Å². The molecule has 0 atom stereocenters. The summed E-state index contributed by atoms with van der Waals surface area (Å²) in [5.41, 5.74) is 0. The van der Waals surface area contributed by atoms with Crippen molar-refractivity contribution in [1.29, 1.82) is 0 Å². The Morgan fingerprint density at radius 2 is 1.23 bits per heavy atom. The van der Waals surface area contributed by atoms with Gasteiger partial charge in [0.15, 0.2) is 0 Å². The minimum absolute atomic E-state index is 0.184. The van der Waals surface area contributed by atoms with E-state index in [1.54, 1.807) is 0 Å². The number of carbonyl (C=O) groups is 1. The van der Waals surface area contributed by atoms with E-state index >= 15 is 0 Å². The molecule has 0 radical (unpaired) electrons. The average Bonchev–Trinajstić information content (AvgIpc) is 3.19. The van der Waals surface area contributed by atoms with Gasteiger partial charge < -0.3 is 28.4 Å². The zero-order valence-electron chi connectivity index (χ0n) is 15.5. The lowest BCUT2D eigenvalue weighted by Gasteiger charge is -2.08. The standard InChI is InChI=1S/C17H30N2O7/c1-2-5-21-6-7-22-8-9-23-10-11-24-12-13-25-14-15-26-17(20)19-4-3-18-16-19/h3-4,16H,2,5-15H2,1H3. The second-order valence-corrected chi connectivity index (χ2v) is 5.15. The van der Waals surface area contributed by atoms with Crippen LogP contribution in [0.15, 0.2) is 18.7 Å². The van der Waals surface area contributed by atoms with Gasteiger partial charge in [-0.1, -0.05) is 6.92 Å². The second kappa shape index (κ2) is 16.9. The molecule has 0 bridgehead atoms. The van der Waals surface area contributed by atoms with Gasteiger partial charge in [-0.05, 0) is 6.42 Å². The molecule has 0 saturated carbocycles. The third-order valence-corrected chi connectivity index (χ3v) is 3.00. The Labute approximate surface area is 154 Å². The molecule has 1 aromatic rings. The number of nitrogens with zero attached hydrogens (tertiary/aromatic N) is 2. The first-order valence-corrected chi connectivity index (χ1v) is 8.88. The van der Waals surface area contributed by atoms with Crippen LogP contribution in [0.2, 0.25) is 0 Å². The van der Waals surface area contributed by atoms with E-state index < -0.39 is 6.09 Å². The van der Waals surface area contributed by atoms with Crippen LogP contribution in [0, 0.1) is 0 Å². The normalized spacial score (nSPS) is 11.0. The fourth-order valence-corrected chi connectivity index (χ4v) is 1.76. The summed E-state index contributed by atoms with van der Waals surface area (Å²) in [5.74, 6) is 0. The molecule has 0 amide bonds. The molecule has 0 aliphatic carbocycles. The molecule has 0 aliphatic heterocycles. The van der Waals surface area contributed by atoms with Crippen LogP contribution in [-0.4, -0.2) is 88.3 Å². The molecule has 0 aromatic carbocycles. The minimum Gasteiger partial charge on any atom is -0.446 e. The summed E-state index contributed by atoms with van der Waals surface area (Å²) in [6.07, 6.45) is 4.96. The molecule has 0 fully saturated rings. The molecular formula is C17H30N2O7. The first-order chi connectivity index (χ1) is 12.8. The number of hydrogen-bond acceptors (Lipinski definition) is 8. The SMILES string of the molecule is CCCOCCOCCOCCOCCOCCOC(=O)n1ccnc1. The maximum atomic E-state index is 11.5. The Hall–Kier alpha value is -1.52. The Morgan fingerprint density at radius 3 is 1.65 bits per heavy atom. The molecule has 0 saturated heterocycles. The lowest BCUT2D eigenvalue weighted by Crippen LogP contribution is -2.17. The van der Waals surface area contributed by atoms with Gasteiger partial charge in [0.25, 0.3) is 0 Å². The van der Waals surface area contributed by atoms with E-state index in [1.807, 2.05) is 0 Å². The zero-order valence-corrected chi connectivity index (χ0v) is 15.5. The number of aromatic nitrogens is 2. The van der Waals surface area contributed by atoms with Crippen LogP contribution in [0.3, 0.4) is 0 Å². The second-order valence-electron chi connectivity index (χ2n) is 5.15. The van der Waals surface area contributed by atoms with Gasteiger partial charge in [0.1, 0.15) is 12.9 Å². The zero-order chi connectivity index (χ0) is 18.7. The molecule has 1 rings (SSSR count). The first-order valence-electron chi connectivity index (χ1n) is 8.88. The maximum absolute atomic E-state index is 11.5. The molecule has 26 heavy (non-hydrogen) atoms. The molecule has 0 N–H and O–H groups in total. The highest BCUT2D eigenvalue weighted by atomic mass is 16.6.